The number of hydrogen-bond donors (Lipinski definition) is 1. The minimum Gasteiger partial charge on any atom is -0.497 e. The van der Waals surface area contributed by atoms with Crippen LogP contribution in [0.1, 0.15) is 26.3 Å². The molecule has 0 fully saturated rings. The number of rotatable bonds is 6. The van der Waals surface area contributed by atoms with Gasteiger partial charge in [0.05, 0.1) is 14.2 Å². The highest BCUT2D eigenvalue weighted by atomic mass is 16.5. The molecule has 1 N–H and O–H groups in total. The molecule has 3 aromatic rings. The first-order valence-corrected chi connectivity index (χ1v) is 8.35. The zero-order chi connectivity index (χ0) is 19.2. The molecule has 0 unspecified atom stereocenters. The minimum absolute atomic E-state index is 0.102. The number of benzene rings is 3. The molecule has 5 nitrogen and oxygen atoms in total. The van der Waals surface area contributed by atoms with Gasteiger partial charge in [-0.05, 0) is 24.3 Å². The van der Waals surface area contributed by atoms with E-state index >= 15 is 0 Å². The Morgan fingerprint density at radius 2 is 1.33 bits per heavy atom. The summed E-state index contributed by atoms with van der Waals surface area (Å²) in [7, 11) is 3.05. The van der Waals surface area contributed by atoms with Crippen LogP contribution in [0.3, 0.4) is 0 Å². The molecular formula is C22H19NO4. The average Bonchev–Trinajstić information content (AvgIpc) is 2.73. The van der Waals surface area contributed by atoms with E-state index in [2.05, 4.69) is 5.32 Å². The van der Waals surface area contributed by atoms with Gasteiger partial charge in [-0.1, -0.05) is 42.5 Å². The van der Waals surface area contributed by atoms with Crippen molar-refractivity contribution < 1.29 is 19.1 Å². The molecule has 0 saturated carbocycles. The lowest BCUT2D eigenvalue weighted by Gasteiger charge is -2.10. The van der Waals surface area contributed by atoms with Crippen molar-refractivity contribution in [2.75, 3.05) is 19.5 Å². The summed E-state index contributed by atoms with van der Waals surface area (Å²) in [5.41, 5.74) is 2.02. The highest BCUT2D eigenvalue weighted by molar-refractivity contribution is 6.10. The zero-order valence-corrected chi connectivity index (χ0v) is 15.1. The molecule has 0 saturated heterocycles. The van der Waals surface area contributed by atoms with Gasteiger partial charge < -0.3 is 14.8 Å². The molecule has 0 aromatic heterocycles. The molecule has 0 radical (unpaired) electrons. The Kier molecular flexibility index (Phi) is 5.52. The van der Waals surface area contributed by atoms with E-state index in [0.717, 1.165) is 0 Å². The third-order valence-corrected chi connectivity index (χ3v) is 4.03. The normalized spacial score (nSPS) is 10.1. The fraction of sp³-hybridized carbons (Fsp3) is 0.0909. The zero-order valence-electron chi connectivity index (χ0n) is 15.1. The van der Waals surface area contributed by atoms with Crippen molar-refractivity contribution in [3.63, 3.8) is 0 Å². The molecule has 0 spiro atoms. The van der Waals surface area contributed by atoms with Gasteiger partial charge in [-0.25, -0.2) is 0 Å². The number of hydrogen-bond acceptors (Lipinski definition) is 4. The fourth-order valence-electron chi connectivity index (χ4n) is 2.64. The molecule has 3 aromatic carbocycles. The first-order valence-electron chi connectivity index (χ1n) is 8.35. The molecular weight excluding hydrogens is 342 g/mol. The van der Waals surface area contributed by atoms with Crippen molar-refractivity contribution in [1.29, 1.82) is 0 Å². The van der Waals surface area contributed by atoms with Gasteiger partial charge in [-0.2, -0.15) is 0 Å². The summed E-state index contributed by atoms with van der Waals surface area (Å²) in [6.45, 7) is 0. The van der Waals surface area contributed by atoms with Gasteiger partial charge in [0, 0.05) is 28.4 Å². The third kappa shape index (κ3) is 4.33. The summed E-state index contributed by atoms with van der Waals surface area (Å²) in [6.07, 6.45) is 0. The number of carbonyl (C=O) groups is 2. The van der Waals surface area contributed by atoms with E-state index < -0.39 is 0 Å². The van der Waals surface area contributed by atoms with E-state index in [0.29, 0.717) is 33.9 Å². The number of ketones is 1. The van der Waals surface area contributed by atoms with Crippen LogP contribution in [0, 0.1) is 0 Å². The van der Waals surface area contributed by atoms with Gasteiger partial charge in [0.15, 0.2) is 5.78 Å². The molecule has 3 rings (SSSR count). The van der Waals surface area contributed by atoms with Crippen molar-refractivity contribution in [2.24, 2.45) is 0 Å². The SMILES string of the molecule is COc1cc(OC)cc(C(=O)Nc2cccc(C(=O)c3ccccc3)c2)c1. The molecule has 0 bridgehead atoms. The minimum atomic E-state index is -0.323. The summed E-state index contributed by atoms with van der Waals surface area (Å²) < 4.78 is 10.4. The number of carbonyl (C=O) groups excluding carboxylic acids is 2. The second-order valence-electron chi connectivity index (χ2n) is 5.83. The molecule has 0 aliphatic carbocycles. The number of methoxy groups -OCH3 is 2. The van der Waals surface area contributed by atoms with Crippen LogP contribution in [0.5, 0.6) is 11.5 Å². The van der Waals surface area contributed by atoms with Crippen LogP contribution in [0.4, 0.5) is 5.69 Å². The van der Waals surface area contributed by atoms with Gasteiger partial charge in [-0.3, -0.25) is 9.59 Å². The predicted octanol–water partition coefficient (Wildman–Crippen LogP) is 4.19. The van der Waals surface area contributed by atoms with E-state index in [9.17, 15) is 9.59 Å². The lowest BCUT2D eigenvalue weighted by atomic mass is 10.0. The largest absolute Gasteiger partial charge is 0.497 e. The second kappa shape index (κ2) is 8.19. The standard InChI is InChI=1S/C22H19NO4/c1-26-19-12-17(13-20(14-19)27-2)22(25)23-18-10-6-9-16(11-18)21(24)15-7-4-3-5-8-15/h3-14H,1-2H3,(H,23,25). The Morgan fingerprint density at radius 1 is 0.704 bits per heavy atom. The number of nitrogens with one attached hydrogen (secondary N) is 1. The third-order valence-electron chi connectivity index (χ3n) is 4.03. The molecule has 136 valence electrons. The van der Waals surface area contributed by atoms with Crippen LogP contribution in [-0.4, -0.2) is 25.9 Å². The maximum Gasteiger partial charge on any atom is 0.255 e. The van der Waals surface area contributed by atoms with Gasteiger partial charge in [0.1, 0.15) is 11.5 Å². The molecule has 27 heavy (non-hydrogen) atoms. The summed E-state index contributed by atoms with van der Waals surface area (Å²) >= 11 is 0. The summed E-state index contributed by atoms with van der Waals surface area (Å²) in [4.78, 5) is 25.2. The Hall–Kier alpha value is -3.60. The topological polar surface area (TPSA) is 64.6 Å². The number of ether oxygens (including phenoxy) is 2. The number of anilines is 1. The Labute approximate surface area is 157 Å². The van der Waals surface area contributed by atoms with Crippen LogP contribution in [0.15, 0.2) is 72.8 Å². The van der Waals surface area contributed by atoms with Crippen LogP contribution >= 0.6 is 0 Å². The lowest BCUT2D eigenvalue weighted by Crippen LogP contribution is -2.13. The van der Waals surface area contributed by atoms with Crippen molar-refractivity contribution >= 4 is 17.4 Å². The second-order valence-corrected chi connectivity index (χ2v) is 5.83. The van der Waals surface area contributed by atoms with E-state index in [-0.39, 0.29) is 11.7 Å². The highest BCUT2D eigenvalue weighted by Gasteiger charge is 2.13. The summed E-state index contributed by atoms with van der Waals surface area (Å²) in [5, 5.41) is 2.81. The predicted molar refractivity (Wildman–Crippen MR) is 104 cm³/mol. The van der Waals surface area contributed by atoms with E-state index in [1.807, 2.05) is 18.2 Å². The quantitative estimate of drug-likeness (QED) is 0.669. The molecule has 0 aliphatic heterocycles. The van der Waals surface area contributed by atoms with Crippen LogP contribution < -0.4 is 14.8 Å². The van der Waals surface area contributed by atoms with E-state index in [1.165, 1.54) is 14.2 Å². The molecule has 0 atom stereocenters. The first kappa shape index (κ1) is 18.2. The van der Waals surface area contributed by atoms with E-state index in [4.69, 9.17) is 9.47 Å². The Morgan fingerprint density at radius 3 is 1.96 bits per heavy atom. The fourth-order valence-corrected chi connectivity index (χ4v) is 2.64. The molecule has 1 amide bonds. The van der Waals surface area contributed by atoms with Crippen molar-refractivity contribution in [3.8, 4) is 11.5 Å². The van der Waals surface area contributed by atoms with Crippen LogP contribution in [-0.2, 0) is 0 Å². The molecule has 0 heterocycles. The van der Waals surface area contributed by atoms with Gasteiger partial charge >= 0.3 is 0 Å². The maximum atomic E-state index is 12.6. The van der Waals surface area contributed by atoms with Crippen molar-refractivity contribution in [1.82, 2.24) is 0 Å². The van der Waals surface area contributed by atoms with Crippen LogP contribution in [0.2, 0.25) is 0 Å². The first-order chi connectivity index (χ1) is 13.1. The number of amides is 1. The van der Waals surface area contributed by atoms with Gasteiger partial charge in [0.2, 0.25) is 0 Å². The van der Waals surface area contributed by atoms with E-state index in [1.54, 1.807) is 54.6 Å². The average molecular weight is 361 g/mol. The highest BCUT2D eigenvalue weighted by Crippen LogP contribution is 2.23. The van der Waals surface area contributed by atoms with Crippen molar-refractivity contribution in [3.05, 3.63) is 89.5 Å². The monoisotopic (exact) mass is 361 g/mol. The smallest absolute Gasteiger partial charge is 0.255 e. The lowest BCUT2D eigenvalue weighted by molar-refractivity contribution is 0.102. The van der Waals surface area contributed by atoms with Gasteiger partial charge in [-0.15, -0.1) is 0 Å². The molecule has 0 aliphatic rings. The summed E-state index contributed by atoms with van der Waals surface area (Å²) in [6, 6.07) is 20.8. The van der Waals surface area contributed by atoms with Crippen LogP contribution in [0.25, 0.3) is 0 Å². The molecule has 5 heteroatoms. The van der Waals surface area contributed by atoms with Gasteiger partial charge in [0.25, 0.3) is 5.91 Å². The Balaban J connectivity index is 1.82. The Bertz CT molecular complexity index is 945. The summed E-state index contributed by atoms with van der Waals surface area (Å²) in [5.74, 6) is 0.617. The maximum absolute atomic E-state index is 12.6. The van der Waals surface area contributed by atoms with Crippen molar-refractivity contribution in [2.45, 2.75) is 0 Å².